The largest absolute Gasteiger partial charge is 0.356 e. The zero-order chi connectivity index (χ0) is 12.1. The van der Waals surface area contributed by atoms with Crippen molar-refractivity contribution in [1.29, 1.82) is 5.26 Å². The van der Waals surface area contributed by atoms with Gasteiger partial charge in [-0.05, 0) is 24.3 Å². The van der Waals surface area contributed by atoms with E-state index in [4.69, 9.17) is 5.26 Å². The Morgan fingerprint density at radius 1 is 1.24 bits per heavy atom. The molecule has 0 spiro atoms. The molecule has 0 radical (unpaired) electrons. The van der Waals surface area contributed by atoms with Crippen LogP contribution in [0.3, 0.4) is 0 Å². The minimum absolute atomic E-state index is 0.227. The van der Waals surface area contributed by atoms with E-state index >= 15 is 0 Å². The van der Waals surface area contributed by atoms with Gasteiger partial charge in [0, 0.05) is 10.0 Å². The lowest BCUT2D eigenvalue weighted by molar-refractivity contribution is 1.03. The van der Waals surface area contributed by atoms with Crippen LogP contribution in [0.15, 0.2) is 40.9 Å². The topological polar surface area (TPSA) is 61.6 Å². The zero-order valence-electron chi connectivity index (χ0n) is 8.89. The quantitative estimate of drug-likeness (QED) is 0.883. The minimum Gasteiger partial charge on any atom is -0.356 e. The van der Waals surface area contributed by atoms with Crippen LogP contribution in [-0.4, -0.2) is 16.7 Å². The molecule has 1 heterocycles. The third-order valence-corrected chi connectivity index (χ3v) is 2.63. The molecule has 2 rings (SSSR count). The SMILES string of the molecule is N#CCNc1ccc(-c2cccc(Br)c2)nn1. The van der Waals surface area contributed by atoms with Gasteiger partial charge in [-0.25, -0.2) is 0 Å². The van der Waals surface area contributed by atoms with Crippen molar-refractivity contribution in [3.8, 4) is 17.3 Å². The molecule has 0 aliphatic rings. The van der Waals surface area contributed by atoms with Gasteiger partial charge in [0.25, 0.3) is 0 Å². The lowest BCUT2D eigenvalue weighted by Gasteiger charge is -2.02. The van der Waals surface area contributed by atoms with Crippen LogP contribution >= 0.6 is 15.9 Å². The van der Waals surface area contributed by atoms with Crippen molar-refractivity contribution in [1.82, 2.24) is 10.2 Å². The van der Waals surface area contributed by atoms with Gasteiger partial charge in [-0.1, -0.05) is 28.1 Å². The summed E-state index contributed by atoms with van der Waals surface area (Å²) in [5.74, 6) is 0.602. The van der Waals surface area contributed by atoms with Crippen molar-refractivity contribution in [2.45, 2.75) is 0 Å². The first-order valence-corrected chi connectivity index (χ1v) is 5.79. The molecule has 17 heavy (non-hydrogen) atoms. The third kappa shape index (κ3) is 3.02. The van der Waals surface area contributed by atoms with E-state index in [1.807, 2.05) is 36.4 Å². The van der Waals surface area contributed by atoms with Crippen LogP contribution in [0.1, 0.15) is 0 Å². The molecule has 0 fully saturated rings. The Bertz CT molecular complexity index is 545. The molecule has 0 saturated heterocycles. The maximum absolute atomic E-state index is 8.42. The fraction of sp³-hybridized carbons (Fsp3) is 0.0833. The van der Waals surface area contributed by atoms with E-state index in [1.165, 1.54) is 0 Å². The second-order valence-corrected chi connectivity index (χ2v) is 4.24. The molecule has 0 aliphatic carbocycles. The van der Waals surface area contributed by atoms with Gasteiger partial charge in [-0.2, -0.15) is 5.26 Å². The molecule has 84 valence electrons. The lowest BCUT2D eigenvalue weighted by Crippen LogP contribution is -2.01. The summed E-state index contributed by atoms with van der Waals surface area (Å²) >= 11 is 3.41. The summed E-state index contributed by atoms with van der Waals surface area (Å²) in [6, 6.07) is 13.5. The van der Waals surface area contributed by atoms with Crippen molar-refractivity contribution in [3.63, 3.8) is 0 Å². The minimum atomic E-state index is 0.227. The van der Waals surface area contributed by atoms with Crippen LogP contribution in [-0.2, 0) is 0 Å². The van der Waals surface area contributed by atoms with Crippen LogP contribution in [0.2, 0.25) is 0 Å². The molecule has 5 heteroatoms. The highest BCUT2D eigenvalue weighted by molar-refractivity contribution is 9.10. The fourth-order valence-corrected chi connectivity index (χ4v) is 1.76. The van der Waals surface area contributed by atoms with E-state index in [9.17, 15) is 0 Å². The van der Waals surface area contributed by atoms with Crippen molar-refractivity contribution >= 4 is 21.7 Å². The fourth-order valence-electron chi connectivity index (χ4n) is 1.36. The number of anilines is 1. The summed E-state index contributed by atoms with van der Waals surface area (Å²) in [5.41, 5.74) is 1.80. The van der Waals surface area contributed by atoms with Crippen molar-refractivity contribution in [2.75, 3.05) is 11.9 Å². The monoisotopic (exact) mass is 288 g/mol. The Kier molecular flexibility index (Phi) is 3.68. The molecule has 1 aromatic carbocycles. The molecule has 0 bridgehead atoms. The smallest absolute Gasteiger partial charge is 0.149 e. The van der Waals surface area contributed by atoms with E-state index in [1.54, 1.807) is 6.07 Å². The van der Waals surface area contributed by atoms with Crippen molar-refractivity contribution in [2.24, 2.45) is 0 Å². The summed E-state index contributed by atoms with van der Waals surface area (Å²) in [6.07, 6.45) is 0. The molecule has 2 aromatic rings. The molecule has 0 aliphatic heterocycles. The Balaban J connectivity index is 2.21. The highest BCUT2D eigenvalue weighted by atomic mass is 79.9. The number of nitriles is 1. The van der Waals surface area contributed by atoms with Gasteiger partial charge < -0.3 is 5.32 Å². The number of aromatic nitrogens is 2. The number of nitrogens with zero attached hydrogens (tertiary/aromatic N) is 3. The predicted molar refractivity (Wildman–Crippen MR) is 69.3 cm³/mol. The molecular formula is C12H9BrN4. The molecule has 0 unspecified atom stereocenters. The van der Waals surface area contributed by atoms with Gasteiger partial charge in [-0.3, -0.25) is 0 Å². The van der Waals surface area contributed by atoms with Gasteiger partial charge in [0.1, 0.15) is 12.4 Å². The Labute approximate surface area is 107 Å². The number of hydrogen-bond donors (Lipinski definition) is 1. The van der Waals surface area contributed by atoms with E-state index in [-0.39, 0.29) is 6.54 Å². The average Bonchev–Trinajstić information content (AvgIpc) is 2.37. The van der Waals surface area contributed by atoms with Crippen LogP contribution in [0, 0.1) is 11.3 Å². The van der Waals surface area contributed by atoms with Gasteiger partial charge in [0.15, 0.2) is 0 Å². The number of halogens is 1. The summed E-state index contributed by atoms with van der Waals surface area (Å²) < 4.78 is 1.00. The van der Waals surface area contributed by atoms with E-state index in [0.717, 1.165) is 15.7 Å². The van der Waals surface area contributed by atoms with E-state index < -0.39 is 0 Å². The van der Waals surface area contributed by atoms with Gasteiger partial charge in [0.05, 0.1) is 11.8 Å². The van der Waals surface area contributed by atoms with Crippen LogP contribution < -0.4 is 5.32 Å². The standard InChI is InChI=1S/C12H9BrN4/c13-10-3-1-2-9(8-10)11-4-5-12(17-16-11)15-7-6-14/h1-5,8H,7H2,(H,15,17). The molecule has 0 amide bonds. The summed E-state index contributed by atoms with van der Waals surface area (Å²) in [4.78, 5) is 0. The molecule has 1 aromatic heterocycles. The van der Waals surface area contributed by atoms with Crippen molar-refractivity contribution in [3.05, 3.63) is 40.9 Å². The first-order valence-electron chi connectivity index (χ1n) is 5.00. The highest BCUT2D eigenvalue weighted by Crippen LogP contribution is 2.21. The average molecular weight is 289 g/mol. The summed E-state index contributed by atoms with van der Waals surface area (Å²) in [7, 11) is 0. The summed E-state index contributed by atoms with van der Waals surface area (Å²) in [6.45, 7) is 0.227. The first-order chi connectivity index (χ1) is 8.29. The molecule has 0 saturated carbocycles. The van der Waals surface area contributed by atoms with Gasteiger partial charge >= 0.3 is 0 Å². The van der Waals surface area contributed by atoms with Crippen LogP contribution in [0.4, 0.5) is 5.82 Å². The maximum atomic E-state index is 8.42. The second-order valence-electron chi connectivity index (χ2n) is 3.33. The number of hydrogen-bond acceptors (Lipinski definition) is 4. The number of rotatable bonds is 3. The third-order valence-electron chi connectivity index (χ3n) is 2.13. The maximum Gasteiger partial charge on any atom is 0.149 e. The number of benzene rings is 1. The van der Waals surface area contributed by atoms with E-state index in [0.29, 0.717) is 5.82 Å². The molecule has 0 atom stereocenters. The van der Waals surface area contributed by atoms with E-state index in [2.05, 4.69) is 31.4 Å². The zero-order valence-corrected chi connectivity index (χ0v) is 10.5. The summed E-state index contributed by atoms with van der Waals surface area (Å²) in [5, 5.41) is 19.4. The Morgan fingerprint density at radius 2 is 2.12 bits per heavy atom. The normalized spacial score (nSPS) is 9.65. The highest BCUT2D eigenvalue weighted by Gasteiger charge is 2.01. The molecule has 1 N–H and O–H groups in total. The number of nitrogens with one attached hydrogen (secondary N) is 1. The van der Waals surface area contributed by atoms with Gasteiger partial charge in [-0.15, -0.1) is 10.2 Å². The first kappa shape index (κ1) is 11.6. The lowest BCUT2D eigenvalue weighted by atomic mass is 10.1. The van der Waals surface area contributed by atoms with Crippen molar-refractivity contribution < 1.29 is 0 Å². The van der Waals surface area contributed by atoms with Gasteiger partial charge in [0.2, 0.25) is 0 Å². The predicted octanol–water partition coefficient (Wildman–Crippen LogP) is 2.84. The molecular weight excluding hydrogens is 280 g/mol. The Morgan fingerprint density at radius 3 is 2.76 bits per heavy atom. The molecule has 4 nitrogen and oxygen atoms in total. The second kappa shape index (κ2) is 5.41. The van der Waals surface area contributed by atoms with Crippen LogP contribution in [0.25, 0.3) is 11.3 Å². The Hall–Kier alpha value is -1.93. The van der Waals surface area contributed by atoms with Crippen LogP contribution in [0.5, 0.6) is 0 Å².